The van der Waals surface area contributed by atoms with Crippen molar-refractivity contribution in [1.29, 1.82) is 0 Å². The van der Waals surface area contributed by atoms with Crippen LogP contribution in [0.1, 0.15) is 28.3 Å². The Bertz CT molecular complexity index is 1250. The second-order valence-corrected chi connectivity index (χ2v) is 7.83. The molecule has 0 spiro atoms. The molecule has 33 heavy (non-hydrogen) atoms. The molecule has 0 radical (unpaired) electrons. The van der Waals surface area contributed by atoms with Gasteiger partial charge in [0.15, 0.2) is 0 Å². The summed E-state index contributed by atoms with van der Waals surface area (Å²) in [7, 11) is 1.54. The predicted octanol–water partition coefficient (Wildman–Crippen LogP) is 4.47. The van der Waals surface area contributed by atoms with Crippen LogP contribution in [0.4, 0.5) is 4.39 Å². The fourth-order valence-electron chi connectivity index (χ4n) is 4.01. The minimum Gasteiger partial charge on any atom is -0.508 e. The van der Waals surface area contributed by atoms with Gasteiger partial charge in [-0.25, -0.2) is 4.39 Å². The van der Waals surface area contributed by atoms with E-state index in [-0.39, 0.29) is 23.6 Å². The van der Waals surface area contributed by atoms with E-state index in [4.69, 9.17) is 4.74 Å². The van der Waals surface area contributed by atoms with Gasteiger partial charge in [0.05, 0.1) is 18.7 Å². The number of hydrogen-bond donors (Lipinski definition) is 2. The lowest BCUT2D eigenvalue weighted by molar-refractivity contribution is -0.140. The third kappa shape index (κ3) is 4.17. The van der Waals surface area contributed by atoms with Gasteiger partial charge in [-0.15, -0.1) is 0 Å². The number of phenols is 1. The van der Waals surface area contributed by atoms with Crippen molar-refractivity contribution in [1.82, 2.24) is 4.90 Å². The molecule has 2 N–H and O–H groups in total. The molecule has 6 nitrogen and oxygen atoms in total. The number of phenolic OH excluding ortho intramolecular Hbond substituents is 1. The quantitative estimate of drug-likeness (QED) is 0.342. The molecule has 1 fully saturated rings. The second kappa shape index (κ2) is 8.78. The summed E-state index contributed by atoms with van der Waals surface area (Å²) in [4.78, 5) is 27.5. The normalized spacial score (nSPS) is 17.4. The molecule has 1 unspecified atom stereocenters. The summed E-state index contributed by atoms with van der Waals surface area (Å²) in [5.41, 5.74) is 2.24. The number of ether oxygens (including phenoxy) is 1. The number of amides is 1. The van der Waals surface area contributed by atoms with Crippen LogP contribution < -0.4 is 4.74 Å². The molecular formula is C26H22FNO5. The van der Waals surface area contributed by atoms with E-state index in [0.717, 1.165) is 5.56 Å². The highest BCUT2D eigenvalue weighted by Crippen LogP contribution is 2.41. The number of Topliss-reactive ketones (excluding diaryl/α,β-unsaturated/α-hetero) is 1. The van der Waals surface area contributed by atoms with Crippen LogP contribution in [-0.4, -0.2) is 33.9 Å². The SMILES string of the molecule is COc1ccc(/C(O)=C2/C(=O)C(=O)N(Cc3ccc(F)cc3)C2c2ccc(O)cc2)cc1C. The van der Waals surface area contributed by atoms with E-state index >= 15 is 0 Å². The van der Waals surface area contributed by atoms with Gasteiger partial charge < -0.3 is 19.8 Å². The van der Waals surface area contributed by atoms with Crippen molar-refractivity contribution in [3.8, 4) is 11.5 Å². The van der Waals surface area contributed by atoms with Crippen molar-refractivity contribution in [3.63, 3.8) is 0 Å². The smallest absolute Gasteiger partial charge is 0.295 e. The lowest BCUT2D eigenvalue weighted by Crippen LogP contribution is -2.29. The molecular weight excluding hydrogens is 425 g/mol. The molecule has 1 heterocycles. The topological polar surface area (TPSA) is 87.1 Å². The monoisotopic (exact) mass is 447 g/mol. The summed E-state index contributed by atoms with van der Waals surface area (Å²) < 4.78 is 18.6. The maximum atomic E-state index is 13.4. The number of aliphatic hydroxyl groups excluding tert-OH is 1. The Morgan fingerprint density at radius 3 is 2.30 bits per heavy atom. The van der Waals surface area contributed by atoms with Crippen molar-refractivity contribution < 1.29 is 28.9 Å². The van der Waals surface area contributed by atoms with Gasteiger partial charge in [0.1, 0.15) is 23.1 Å². The first kappa shape index (κ1) is 22.1. The number of aryl methyl sites for hydroxylation is 1. The molecule has 0 bridgehead atoms. The fraction of sp³-hybridized carbons (Fsp3) is 0.154. The molecule has 0 aliphatic carbocycles. The van der Waals surface area contributed by atoms with Crippen molar-refractivity contribution in [2.75, 3.05) is 7.11 Å². The molecule has 3 aromatic carbocycles. The standard InChI is InChI=1S/C26H22FNO5/c1-15-13-18(7-12-21(15)33-2)24(30)22-23(17-5-10-20(29)11-6-17)28(26(32)25(22)31)14-16-3-8-19(27)9-4-16/h3-13,23,29-30H,14H2,1-2H3/b24-22-. The van der Waals surface area contributed by atoms with Crippen LogP contribution in [0.5, 0.6) is 11.5 Å². The lowest BCUT2D eigenvalue weighted by Gasteiger charge is -2.25. The van der Waals surface area contributed by atoms with Gasteiger partial charge in [-0.1, -0.05) is 24.3 Å². The molecule has 168 valence electrons. The predicted molar refractivity (Wildman–Crippen MR) is 120 cm³/mol. The van der Waals surface area contributed by atoms with Crippen LogP contribution >= 0.6 is 0 Å². The molecule has 4 rings (SSSR count). The highest BCUT2D eigenvalue weighted by molar-refractivity contribution is 6.46. The number of aromatic hydroxyl groups is 1. The minimum atomic E-state index is -0.891. The van der Waals surface area contributed by atoms with Crippen molar-refractivity contribution >= 4 is 17.4 Å². The van der Waals surface area contributed by atoms with Crippen LogP contribution in [0.15, 0.2) is 72.3 Å². The third-order valence-electron chi connectivity index (χ3n) is 5.68. The average Bonchev–Trinajstić information content (AvgIpc) is 3.05. The van der Waals surface area contributed by atoms with E-state index in [9.17, 15) is 24.2 Å². The number of carbonyl (C=O) groups is 2. The number of methoxy groups -OCH3 is 1. The second-order valence-electron chi connectivity index (χ2n) is 7.83. The Labute approximate surface area is 190 Å². The number of aliphatic hydroxyl groups is 1. The van der Waals surface area contributed by atoms with Gasteiger partial charge in [0.2, 0.25) is 0 Å². The van der Waals surface area contributed by atoms with E-state index in [0.29, 0.717) is 22.4 Å². The zero-order valence-corrected chi connectivity index (χ0v) is 18.1. The maximum Gasteiger partial charge on any atom is 0.295 e. The number of rotatable bonds is 5. The molecule has 0 aromatic heterocycles. The summed E-state index contributed by atoms with van der Waals surface area (Å²) in [6.45, 7) is 1.84. The molecule has 1 aliphatic heterocycles. The number of hydrogen-bond acceptors (Lipinski definition) is 5. The number of halogens is 1. The lowest BCUT2D eigenvalue weighted by atomic mass is 9.94. The fourth-order valence-corrected chi connectivity index (χ4v) is 4.01. The van der Waals surface area contributed by atoms with Gasteiger partial charge >= 0.3 is 0 Å². The van der Waals surface area contributed by atoms with Gasteiger partial charge in [-0.2, -0.15) is 0 Å². The van der Waals surface area contributed by atoms with Crippen LogP contribution in [0.2, 0.25) is 0 Å². The van der Waals surface area contributed by atoms with Crippen LogP contribution in [0.25, 0.3) is 5.76 Å². The summed E-state index contributed by atoms with van der Waals surface area (Å²) in [5.74, 6) is -1.66. The number of carbonyl (C=O) groups excluding carboxylic acids is 2. The van der Waals surface area contributed by atoms with Gasteiger partial charge in [-0.05, 0) is 66.1 Å². The van der Waals surface area contributed by atoms with Crippen LogP contribution in [-0.2, 0) is 16.1 Å². The van der Waals surface area contributed by atoms with Crippen molar-refractivity contribution in [2.24, 2.45) is 0 Å². The molecule has 1 saturated heterocycles. The summed E-state index contributed by atoms with van der Waals surface area (Å²) in [6.07, 6.45) is 0. The molecule has 0 saturated carbocycles. The molecule has 1 aliphatic rings. The number of ketones is 1. The van der Waals surface area contributed by atoms with E-state index in [1.165, 1.54) is 48.4 Å². The Morgan fingerprint density at radius 1 is 1.03 bits per heavy atom. The Morgan fingerprint density at radius 2 is 1.70 bits per heavy atom. The molecule has 7 heteroatoms. The van der Waals surface area contributed by atoms with Gasteiger partial charge in [0.25, 0.3) is 11.7 Å². The van der Waals surface area contributed by atoms with Crippen LogP contribution in [0, 0.1) is 12.7 Å². The Kier molecular flexibility index (Phi) is 5.87. The molecule has 3 aromatic rings. The Balaban J connectivity index is 1.85. The zero-order valence-electron chi connectivity index (χ0n) is 18.1. The number of benzene rings is 3. The third-order valence-corrected chi connectivity index (χ3v) is 5.68. The van der Waals surface area contributed by atoms with Crippen molar-refractivity contribution in [3.05, 3.63) is 100 Å². The average molecular weight is 447 g/mol. The highest BCUT2D eigenvalue weighted by atomic mass is 19.1. The highest BCUT2D eigenvalue weighted by Gasteiger charge is 2.46. The summed E-state index contributed by atoms with van der Waals surface area (Å²) >= 11 is 0. The largest absolute Gasteiger partial charge is 0.508 e. The maximum absolute atomic E-state index is 13.4. The van der Waals surface area contributed by atoms with Gasteiger partial charge in [0, 0.05) is 12.1 Å². The van der Waals surface area contributed by atoms with E-state index in [1.807, 2.05) is 0 Å². The first-order chi connectivity index (χ1) is 15.8. The van der Waals surface area contributed by atoms with E-state index in [1.54, 1.807) is 37.3 Å². The number of likely N-dealkylation sites (tertiary alicyclic amines) is 1. The summed E-state index contributed by atoms with van der Waals surface area (Å²) in [5, 5.41) is 20.9. The van der Waals surface area contributed by atoms with E-state index in [2.05, 4.69) is 0 Å². The number of nitrogens with zero attached hydrogens (tertiary/aromatic N) is 1. The van der Waals surface area contributed by atoms with Crippen LogP contribution in [0.3, 0.4) is 0 Å². The molecule has 1 atom stereocenters. The minimum absolute atomic E-state index is 0.0278. The Hall–Kier alpha value is -4.13. The van der Waals surface area contributed by atoms with Gasteiger partial charge in [-0.3, -0.25) is 9.59 Å². The van der Waals surface area contributed by atoms with Crippen molar-refractivity contribution in [2.45, 2.75) is 19.5 Å². The first-order valence-electron chi connectivity index (χ1n) is 10.3. The summed E-state index contributed by atoms with van der Waals surface area (Å²) in [6, 6.07) is 15.8. The molecule has 1 amide bonds. The zero-order chi connectivity index (χ0) is 23.7. The first-order valence-corrected chi connectivity index (χ1v) is 10.3. The van der Waals surface area contributed by atoms with E-state index < -0.39 is 23.5 Å².